The smallest absolute Gasteiger partial charge is 0.236 e. The second-order valence-electron chi connectivity index (χ2n) is 7.64. The molecule has 0 amide bonds. The van der Waals surface area contributed by atoms with Crippen molar-refractivity contribution < 1.29 is 8.42 Å². The molecule has 0 bridgehead atoms. The Morgan fingerprint density at radius 3 is 2.38 bits per heavy atom. The maximum absolute atomic E-state index is 12.8. The summed E-state index contributed by atoms with van der Waals surface area (Å²) >= 11 is 0. The number of pyridine rings is 1. The second kappa shape index (κ2) is 9.46. The number of rotatable bonds is 6. The minimum absolute atomic E-state index is 0.395. The van der Waals surface area contributed by atoms with E-state index in [4.69, 9.17) is 0 Å². The van der Waals surface area contributed by atoms with Gasteiger partial charge in [-0.15, -0.1) is 0 Å². The number of aryl methyl sites for hydroxylation is 2. The molecule has 0 atom stereocenters. The highest BCUT2D eigenvalue weighted by atomic mass is 32.2. The molecule has 0 aliphatic carbocycles. The summed E-state index contributed by atoms with van der Waals surface area (Å²) < 4.78 is 27.0. The standard InChI is InChI=1S/C23H26N6O2S/c1-18-6-8-20(9-7-18)10-16-32(30,31)29-14-12-28(13-15-29)23-17-22(25-19(2)26-23)27-21-5-3-4-11-24-21/h3-11,16-17H,12-15H2,1-2H3,(H,24,25,26,27)/b16-10+. The van der Waals surface area contributed by atoms with E-state index < -0.39 is 10.0 Å². The molecule has 1 aromatic carbocycles. The van der Waals surface area contributed by atoms with Crippen LogP contribution in [0.1, 0.15) is 17.0 Å². The Bertz CT molecular complexity index is 1190. The summed E-state index contributed by atoms with van der Waals surface area (Å²) in [6.45, 7) is 5.73. The summed E-state index contributed by atoms with van der Waals surface area (Å²) in [5, 5.41) is 4.48. The molecule has 4 rings (SSSR count). The van der Waals surface area contributed by atoms with Crippen LogP contribution in [0.3, 0.4) is 0 Å². The Hall–Kier alpha value is -3.30. The molecule has 3 aromatic rings. The molecule has 3 heterocycles. The summed E-state index contributed by atoms with van der Waals surface area (Å²) in [4.78, 5) is 15.3. The highest BCUT2D eigenvalue weighted by Crippen LogP contribution is 2.21. The topological polar surface area (TPSA) is 91.3 Å². The van der Waals surface area contributed by atoms with Crippen molar-refractivity contribution in [2.75, 3.05) is 36.4 Å². The van der Waals surface area contributed by atoms with Crippen molar-refractivity contribution in [2.45, 2.75) is 13.8 Å². The Labute approximate surface area is 188 Å². The number of nitrogens with zero attached hydrogens (tertiary/aromatic N) is 5. The normalized spacial score (nSPS) is 15.2. The fraction of sp³-hybridized carbons (Fsp3) is 0.261. The third kappa shape index (κ3) is 5.49. The van der Waals surface area contributed by atoms with Gasteiger partial charge in [-0.05, 0) is 37.6 Å². The summed E-state index contributed by atoms with van der Waals surface area (Å²) in [6.07, 6.45) is 3.36. The minimum Gasteiger partial charge on any atom is -0.354 e. The fourth-order valence-electron chi connectivity index (χ4n) is 3.45. The van der Waals surface area contributed by atoms with Gasteiger partial charge in [-0.3, -0.25) is 0 Å². The van der Waals surface area contributed by atoms with E-state index in [0.29, 0.717) is 43.6 Å². The first-order chi connectivity index (χ1) is 15.4. The monoisotopic (exact) mass is 450 g/mol. The summed E-state index contributed by atoms with van der Waals surface area (Å²) in [7, 11) is -3.48. The number of benzene rings is 1. The molecule has 8 nitrogen and oxygen atoms in total. The van der Waals surface area contributed by atoms with Crippen LogP contribution < -0.4 is 10.2 Å². The van der Waals surface area contributed by atoms with Crippen LogP contribution in [0.2, 0.25) is 0 Å². The fourth-order valence-corrected chi connectivity index (χ4v) is 4.62. The molecule has 1 saturated heterocycles. The van der Waals surface area contributed by atoms with E-state index in [9.17, 15) is 8.42 Å². The third-order valence-electron chi connectivity index (χ3n) is 5.18. The first kappa shape index (κ1) is 21.9. The number of anilines is 3. The highest BCUT2D eigenvalue weighted by molar-refractivity contribution is 7.92. The van der Waals surface area contributed by atoms with Crippen LogP contribution >= 0.6 is 0 Å². The third-order valence-corrected chi connectivity index (χ3v) is 6.74. The average Bonchev–Trinajstić information content (AvgIpc) is 2.79. The van der Waals surface area contributed by atoms with Crippen molar-refractivity contribution >= 4 is 33.6 Å². The lowest BCUT2D eigenvalue weighted by Gasteiger charge is -2.34. The number of hydrogen-bond acceptors (Lipinski definition) is 7. The number of hydrogen-bond donors (Lipinski definition) is 1. The molecule has 1 aliphatic heterocycles. The summed E-state index contributed by atoms with van der Waals surface area (Å²) in [5.41, 5.74) is 2.00. The molecule has 0 saturated carbocycles. The van der Waals surface area contributed by atoms with Gasteiger partial charge in [0.25, 0.3) is 0 Å². The van der Waals surface area contributed by atoms with E-state index in [1.165, 1.54) is 9.71 Å². The molecule has 0 spiro atoms. The molecule has 0 unspecified atom stereocenters. The Morgan fingerprint density at radius 1 is 0.938 bits per heavy atom. The van der Waals surface area contributed by atoms with Gasteiger partial charge in [-0.1, -0.05) is 35.9 Å². The van der Waals surface area contributed by atoms with Gasteiger partial charge < -0.3 is 10.2 Å². The van der Waals surface area contributed by atoms with Gasteiger partial charge in [0, 0.05) is 43.9 Å². The van der Waals surface area contributed by atoms with E-state index in [2.05, 4.69) is 25.2 Å². The number of piperazine rings is 1. The summed E-state index contributed by atoms with van der Waals surface area (Å²) in [5.74, 6) is 2.76. The first-order valence-corrected chi connectivity index (χ1v) is 11.9. The minimum atomic E-state index is -3.48. The molecule has 1 aliphatic rings. The lowest BCUT2D eigenvalue weighted by molar-refractivity contribution is 0.388. The van der Waals surface area contributed by atoms with Crippen molar-refractivity contribution in [1.29, 1.82) is 0 Å². The van der Waals surface area contributed by atoms with Crippen molar-refractivity contribution in [2.24, 2.45) is 0 Å². The van der Waals surface area contributed by atoms with E-state index >= 15 is 0 Å². The maximum Gasteiger partial charge on any atom is 0.236 e. The van der Waals surface area contributed by atoms with Gasteiger partial charge in [-0.2, -0.15) is 4.31 Å². The highest BCUT2D eigenvalue weighted by Gasteiger charge is 2.26. The summed E-state index contributed by atoms with van der Waals surface area (Å²) in [6, 6.07) is 15.2. The van der Waals surface area contributed by atoms with E-state index in [1.54, 1.807) is 12.3 Å². The number of aromatic nitrogens is 3. The molecular weight excluding hydrogens is 424 g/mol. The van der Waals surface area contributed by atoms with Gasteiger partial charge in [0.1, 0.15) is 23.3 Å². The average molecular weight is 451 g/mol. The SMILES string of the molecule is Cc1ccc(/C=C/S(=O)(=O)N2CCN(c3cc(Nc4ccccn4)nc(C)n3)CC2)cc1. The van der Waals surface area contributed by atoms with Crippen LogP contribution in [-0.4, -0.2) is 53.9 Å². The Morgan fingerprint density at radius 2 is 1.69 bits per heavy atom. The number of nitrogens with one attached hydrogen (secondary N) is 1. The molecule has 32 heavy (non-hydrogen) atoms. The van der Waals surface area contributed by atoms with Crippen molar-refractivity contribution in [3.8, 4) is 0 Å². The quantitative estimate of drug-likeness (QED) is 0.616. The molecule has 166 valence electrons. The molecule has 0 radical (unpaired) electrons. The lowest BCUT2D eigenvalue weighted by atomic mass is 10.2. The second-order valence-corrected chi connectivity index (χ2v) is 9.46. The van der Waals surface area contributed by atoms with Crippen molar-refractivity contribution in [3.05, 3.63) is 77.1 Å². The predicted molar refractivity (Wildman–Crippen MR) is 127 cm³/mol. The van der Waals surface area contributed by atoms with Crippen molar-refractivity contribution in [3.63, 3.8) is 0 Å². The van der Waals surface area contributed by atoms with Gasteiger partial charge in [0.05, 0.1) is 0 Å². The zero-order valence-electron chi connectivity index (χ0n) is 18.1. The molecule has 2 aromatic heterocycles. The van der Waals surface area contributed by atoms with Gasteiger partial charge >= 0.3 is 0 Å². The number of sulfonamides is 1. The van der Waals surface area contributed by atoms with Gasteiger partial charge in [0.2, 0.25) is 10.0 Å². The zero-order chi connectivity index (χ0) is 22.6. The van der Waals surface area contributed by atoms with Crippen LogP contribution in [0.4, 0.5) is 17.5 Å². The van der Waals surface area contributed by atoms with Crippen LogP contribution in [-0.2, 0) is 10.0 Å². The molecule has 9 heteroatoms. The van der Waals surface area contributed by atoms with Crippen LogP contribution in [0.25, 0.3) is 6.08 Å². The van der Waals surface area contributed by atoms with E-state index in [1.807, 2.05) is 62.4 Å². The Balaban J connectivity index is 1.41. The first-order valence-electron chi connectivity index (χ1n) is 10.4. The van der Waals surface area contributed by atoms with E-state index in [0.717, 1.165) is 16.9 Å². The Kier molecular flexibility index (Phi) is 6.48. The lowest BCUT2D eigenvalue weighted by Crippen LogP contribution is -2.48. The molecule has 1 fully saturated rings. The van der Waals surface area contributed by atoms with Crippen LogP contribution in [0, 0.1) is 13.8 Å². The van der Waals surface area contributed by atoms with Gasteiger partial charge in [0.15, 0.2) is 0 Å². The maximum atomic E-state index is 12.8. The van der Waals surface area contributed by atoms with E-state index in [-0.39, 0.29) is 0 Å². The van der Waals surface area contributed by atoms with Crippen molar-refractivity contribution in [1.82, 2.24) is 19.3 Å². The molecular formula is C23H26N6O2S. The van der Waals surface area contributed by atoms with Crippen LogP contribution in [0.15, 0.2) is 60.1 Å². The van der Waals surface area contributed by atoms with Gasteiger partial charge in [-0.25, -0.2) is 23.4 Å². The zero-order valence-corrected chi connectivity index (χ0v) is 19.0. The van der Waals surface area contributed by atoms with Crippen LogP contribution in [0.5, 0.6) is 0 Å². The predicted octanol–water partition coefficient (Wildman–Crippen LogP) is 3.35. The largest absolute Gasteiger partial charge is 0.354 e. The molecule has 1 N–H and O–H groups in total.